The van der Waals surface area contributed by atoms with Crippen LogP contribution in [0.3, 0.4) is 0 Å². The molecule has 36 heavy (non-hydrogen) atoms. The van der Waals surface area contributed by atoms with Crippen molar-refractivity contribution in [1.82, 2.24) is 9.97 Å². The van der Waals surface area contributed by atoms with Gasteiger partial charge in [0.1, 0.15) is 11.5 Å². The average Bonchev–Trinajstić information content (AvgIpc) is 2.89. The van der Waals surface area contributed by atoms with E-state index in [0.29, 0.717) is 43.5 Å². The van der Waals surface area contributed by atoms with Crippen molar-refractivity contribution in [2.45, 2.75) is 51.6 Å². The molecule has 1 N–H and O–H groups in total. The molecule has 1 saturated carbocycles. The standard InChI is InChI=1S/C24H29F2N5O5/c1-5-24(21(32)33)8-6-14(7-9-24)31-20-13(11-28-22(27-2)29-20)12-30(23(31)34)19-17(25)15(35-3)10-16(36-4)18(19)26/h10-11,14H,5-9,12H2,1-4H3,(H,32,33)(H,27,28,29)/p-1. The summed E-state index contributed by atoms with van der Waals surface area (Å²) in [6.45, 7) is 1.61. The Bertz CT molecular complexity index is 1160. The lowest BCUT2D eigenvalue weighted by Crippen LogP contribution is -2.55. The van der Waals surface area contributed by atoms with Gasteiger partial charge in [0.25, 0.3) is 0 Å². The second-order valence-electron chi connectivity index (χ2n) is 8.94. The van der Waals surface area contributed by atoms with E-state index in [1.165, 1.54) is 25.3 Å². The first-order valence-corrected chi connectivity index (χ1v) is 11.7. The number of amides is 2. The molecule has 10 nitrogen and oxygen atoms in total. The van der Waals surface area contributed by atoms with E-state index in [0.717, 1.165) is 11.0 Å². The molecule has 4 rings (SSSR count). The van der Waals surface area contributed by atoms with Crippen molar-refractivity contribution >= 4 is 29.5 Å². The lowest BCUT2D eigenvalue weighted by molar-refractivity contribution is -0.321. The van der Waals surface area contributed by atoms with Crippen molar-refractivity contribution in [3.63, 3.8) is 0 Å². The zero-order valence-electron chi connectivity index (χ0n) is 20.6. The van der Waals surface area contributed by atoms with Gasteiger partial charge in [0.15, 0.2) is 23.1 Å². The summed E-state index contributed by atoms with van der Waals surface area (Å²) in [5, 5.41) is 14.7. The number of anilines is 3. The van der Waals surface area contributed by atoms with E-state index >= 15 is 8.78 Å². The smallest absolute Gasteiger partial charge is 0.330 e. The maximum atomic E-state index is 15.4. The highest BCUT2D eigenvalue weighted by molar-refractivity contribution is 6.06. The van der Waals surface area contributed by atoms with Crippen LogP contribution in [0.5, 0.6) is 11.5 Å². The van der Waals surface area contributed by atoms with Crippen LogP contribution in [0.1, 0.15) is 44.6 Å². The quantitative estimate of drug-likeness (QED) is 0.611. The second kappa shape index (κ2) is 9.75. The topological polar surface area (TPSA) is 120 Å². The van der Waals surface area contributed by atoms with Gasteiger partial charge in [-0.15, -0.1) is 0 Å². The summed E-state index contributed by atoms with van der Waals surface area (Å²) in [7, 11) is 4.09. The summed E-state index contributed by atoms with van der Waals surface area (Å²) in [6, 6.07) is -0.0720. The van der Waals surface area contributed by atoms with E-state index < -0.39 is 40.8 Å². The Balaban J connectivity index is 1.81. The first-order chi connectivity index (χ1) is 17.2. The Morgan fingerprint density at radius 1 is 1.22 bits per heavy atom. The molecule has 2 heterocycles. The van der Waals surface area contributed by atoms with Crippen LogP contribution in [-0.4, -0.2) is 49.3 Å². The molecule has 1 aliphatic carbocycles. The number of urea groups is 1. The number of hydrogen-bond acceptors (Lipinski definition) is 8. The van der Waals surface area contributed by atoms with Crippen LogP contribution < -0.4 is 29.7 Å². The van der Waals surface area contributed by atoms with Gasteiger partial charge in [-0.2, -0.15) is 4.98 Å². The molecule has 1 aromatic carbocycles. The van der Waals surface area contributed by atoms with E-state index in [9.17, 15) is 14.7 Å². The van der Waals surface area contributed by atoms with Crippen LogP contribution in [-0.2, 0) is 11.3 Å². The third-order valence-electron chi connectivity index (χ3n) is 7.27. The number of benzene rings is 1. The molecular weight excluding hydrogens is 476 g/mol. The van der Waals surface area contributed by atoms with Crippen LogP contribution >= 0.6 is 0 Å². The molecule has 0 spiro atoms. The van der Waals surface area contributed by atoms with Gasteiger partial charge < -0.3 is 24.7 Å². The van der Waals surface area contributed by atoms with Gasteiger partial charge in [-0.05, 0) is 32.1 Å². The number of fused-ring (bicyclic) bond motifs is 1. The Labute approximate surface area is 207 Å². The lowest BCUT2D eigenvalue weighted by atomic mass is 9.70. The molecule has 0 unspecified atom stereocenters. The number of aromatic nitrogens is 2. The predicted octanol–water partition coefficient (Wildman–Crippen LogP) is 2.85. The summed E-state index contributed by atoms with van der Waals surface area (Å²) >= 11 is 0. The van der Waals surface area contributed by atoms with Gasteiger partial charge in [-0.1, -0.05) is 6.92 Å². The molecule has 1 fully saturated rings. The van der Waals surface area contributed by atoms with Gasteiger partial charge in [0.2, 0.25) is 5.95 Å². The van der Waals surface area contributed by atoms with E-state index in [4.69, 9.17) is 9.47 Å². The largest absolute Gasteiger partial charge is 0.550 e. The van der Waals surface area contributed by atoms with Crippen molar-refractivity contribution in [2.75, 3.05) is 36.4 Å². The van der Waals surface area contributed by atoms with Gasteiger partial charge in [-0.25, -0.2) is 18.6 Å². The molecule has 2 aromatic rings. The predicted molar refractivity (Wildman–Crippen MR) is 125 cm³/mol. The van der Waals surface area contributed by atoms with Crippen LogP contribution in [0, 0.1) is 17.0 Å². The van der Waals surface area contributed by atoms with E-state index in [2.05, 4.69) is 15.3 Å². The Kier molecular flexibility index (Phi) is 6.87. The monoisotopic (exact) mass is 504 g/mol. The minimum atomic E-state index is -1.11. The SMILES string of the molecule is CCC1(C(=O)[O-])CCC(N2C(=O)N(c3c(F)c(OC)cc(OC)c3F)Cc3cnc(NC)nc32)CC1. The number of hydrogen-bond donors (Lipinski definition) is 1. The van der Waals surface area contributed by atoms with Gasteiger partial charge in [0, 0.05) is 42.3 Å². The second-order valence-corrected chi connectivity index (χ2v) is 8.94. The fourth-order valence-electron chi connectivity index (χ4n) is 5.03. The van der Waals surface area contributed by atoms with E-state index in [-0.39, 0.29) is 24.0 Å². The number of nitrogens with one attached hydrogen (secondary N) is 1. The van der Waals surface area contributed by atoms with Crippen LogP contribution in [0.15, 0.2) is 12.3 Å². The van der Waals surface area contributed by atoms with Crippen molar-refractivity contribution in [2.24, 2.45) is 5.41 Å². The zero-order valence-corrected chi connectivity index (χ0v) is 20.6. The van der Waals surface area contributed by atoms with Crippen molar-refractivity contribution < 1.29 is 33.0 Å². The third kappa shape index (κ3) is 4.03. The maximum absolute atomic E-state index is 15.4. The highest BCUT2D eigenvalue weighted by Gasteiger charge is 2.44. The fraction of sp³-hybridized carbons (Fsp3) is 0.500. The highest BCUT2D eigenvalue weighted by atomic mass is 19.1. The number of carbonyl (C=O) groups is 2. The molecule has 1 aromatic heterocycles. The number of halogens is 2. The molecule has 1 aliphatic heterocycles. The molecule has 194 valence electrons. The van der Waals surface area contributed by atoms with Crippen molar-refractivity contribution in [1.29, 1.82) is 0 Å². The molecule has 0 saturated heterocycles. The van der Waals surface area contributed by atoms with Crippen molar-refractivity contribution in [3.8, 4) is 11.5 Å². The average molecular weight is 505 g/mol. The number of ether oxygens (including phenoxy) is 2. The van der Waals surface area contributed by atoms with Gasteiger partial charge in [-0.3, -0.25) is 9.80 Å². The minimum Gasteiger partial charge on any atom is -0.550 e. The molecule has 2 aliphatic rings. The Morgan fingerprint density at radius 2 is 1.83 bits per heavy atom. The van der Waals surface area contributed by atoms with E-state index in [1.807, 2.05) is 0 Å². The molecule has 2 amide bonds. The van der Waals surface area contributed by atoms with Crippen LogP contribution in [0.4, 0.5) is 31.0 Å². The highest BCUT2D eigenvalue weighted by Crippen LogP contribution is 2.45. The van der Waals surface area contributed by atoms with E-state index in [1.54, 1.807) is 14.0 Å². The molecular formula is C24H28F2N5O5-. The number of carboxylic acid groups (broad SMARTS) is 1. The van der Waals surface area contributed by atoms with Gasteiger partial charge in [0.05, 0.1) is 20.8 Å². The number of carboxylic acids is 1. The Morgan fingerprint density at radius 3 is 2.33 bits per heavy atom. The van der Waals surface area contributed by atoms with Gasteiger partial charge >= 0.3 is 6.03 Å². The first-order valence-electron chi connectivity index (χ1n) is 11.7. The summed E-state index contributed by atoms with van der Waals surface area (Å²) in [5.41, 5.74) is -1.11. The maximum Gasteiger partial charge on any atom is 0.330 e. The summed E-state index contributed by atoms with van der Waals surface area (Å²) in [4.78, 5) is 36.7. The Hall–Kier alpha value is -3.70. The number of nitrogens with zero attached hydrogens (tertiary/aromatic N) is 4. The van der Waals surface area contributed by atoms with Crippen LogP contribution in [0.2, 0.25) is 0 Å². The summed E-state index contributed by atoms with van der Waals surface area (Å²) < 4.78 is 40.8. The summed E-state index contributed by atoms with van der Waals surface area (Å²) in [5.74, 6) is -3.19. The van der Waals surface area contributed by atoms with Crippen molar-refractivity contribution in [3.05, 3.63) is 29.5 Å². The summed E-state index contributed by atoms with van der Waals surface area (Å²) in [6.07, 6.45) is 3.21. The first kappa shape index (κ1) is 25.4. The number of methoxy groups -OCH3 is 2. The number of aliphatic carboxylic acids is 1. The lowest BCUT2D eigenvalue weighted by Gasteiger charge is -2.46. The number of rotatable bonds is 7. The molecule has 0 bridgehead atoms. The molecule has 0 atom stereocenters. The normalized spacial score (nSPS) is 21.7. The number of carbonyl (C=O) groups excluding carboxylic acids is 2. The molecule has 12 heteroatoms. The third-order valence-corrected chi connectivity index (χ3v) is 7.27. The van der Waals surface area contributed by atoms with Crippen LogP contribution in [0.25, 0.3) is 0 Å². The molecule has 0 radical (unpaired) electrons. The minimum absolute atomic E-state index is 0.191. The zero-order chi connectivity index (χ0) is 26.2. The fourth-order valence-corrected chi connectivity index (χ4v) is 5.03.